The van der Waals surface area contributed by atoms with Gasteiger partial charge in [0.25, 0.3) is 0 Å². The minimum Gasteiger partial charge on any atom is -0.494 e. The Morgan fingerprint density at radius 1 is 0.968 bits per heavy atom. The summed E-state index contributed by atoms with van der Waals surface area (Å²) in [5.74, 6) is 0.437. The van der Waals surface area contributed by atoms with E-state index in [2.05, 4.69) is 9.97 Å². The highest BCUT2D eigenvalue weighted by atomic mass is 19.4. The summed E-state index contributed by atoms with van der Waals surface area (Å²) in [4.78, 5) is 11.0. The number of ether oxygens (including phenoxy) is 1. The second-order valence-corrected chi connectivity index (χ2v) is 6.61. The number of halogens is 3. The molecule has 3 aromatic rings. The normalized spacial score (nSPS) is 11.0. The van der Waals surface area contributed by atoms with E-state index in [1.165, 1.54) is 11.9 Å². The predicted molar refractivity (Wildman–Crippen MR) is 112 cm³/mol. The molecule has 3 rings (SSSR count). The molecule has 0 fully saturated rings. The third-order valence-electron chi connectivity index (χ3n) is 4.60. The molecule has 160 valence electrons. The van der Waals surface area contributed by atoms with Crippen LogP contribution in [0.15, 0.2) is 54.7 Å². The molecule has 0 saturated carbocycles. The highest BCUT2D eigenvalue weighted by molar-refractivity contribution is 5.66. The van der Waals surface area contributed by atoms with E-state index in [0.29, 0.717) is 29.3 Å². The van der Waals surface area contributed by atoms with Crippen LogP contribution in [0.1, 0.15) is 18.1 Å². The lowest BCUT2D eigenvalue weighted by molar-refractivity contribution is -0.137. The number of alkyl halides is 3. The van der Waals surface area contributed by atoms with Gasteiger partial charge in [0, 0.05) is 31.7 Å². The maximum Gasteiger partial charge on any atom is 0.421 e. The smallest absolute Gasteiger partial charge is 0.421 e. The summed E-state index contributed by atoms with van der Waals surface area (Å²) >= 11 is 0. The lowest BCUT2D eigenvalue weighted by Gasteiger charge is -2.25. The lowest BCUT2D eigenvalue weighted by Crippen LogP contribution is -2.21. The molecule has 0 spiro atoms. The van der Waals surface area contributed by atoms with E-state index in [1.807, 2.05) is 13.0 Å². The number of aromatic nitrogens is 2. The summed E-state index contributed by atoms with van der Waals surface area (Å²) in [6, 6.07) is 15.3. The Hall–Kier alpha value is -3.80. The molecule has 0 aliphatic carbocycles. The van der Waals surface area contributed by atoms with Crippen LogP contribution in [0.2, 0.25) is 0 Å². The van der Waals surface area contributed by atoms with Crippen LogP contribution in [0.3, 0.4) is 0 Å². The molecule has 0 atom stereocenters. The van der Waals surface area contributed by atoms with Gasteiger partial charge in [-0.3, -0.25) is 0 Å². The van der Waals surface area contributed by atoms with Crippen LogP contribution >= 0.6 is 0 Å². The third kappa shape index (κ3) is 4.86. The van der Waals surface area contributed by atoms with Gasteiger partial charge in [-0.05, 0) is 55.5 Å². The van der Waals surface area contributed by atoms with Crippen molar-refractivity contribution in [2.75, 3.05) is 30.5 Å². The molecule has 0 radical (unpaired) electrons. The number of benzene rings is 2. The van der Waals surface area contributed by atoms with Gasteiger partial charge in [-0.2, -0.15) is 23.4 Å². The van der Waals surface area contributed by atoms with Gasteiger partial charge in [-0.25, -0.2) is 4.98 Å². The van der Waals surface area contributed by atoms with Gasteiger partial charge < -0.3 is 14.5 Å². The zero-order valence-electron chi connectivity index (χ0n) is 17.2. The first kappa shape index (κ1) is 21.9. The van der Waals surface area contributed by atoms with Gasteiger partial charge in [0.1, 0.15) is 11.3 Å². The number of rotatable bonds is 6. The zero-order valence-corrected chi connectivity index (χ0v) is 17.2. The standard InChI is InChI=1S/C22H20F3N5O/c1-4-31-18-11-9-16(10-12-18)29(2)20-19(22(23,24)25)14-27-21(28-20)30(3)17-7-5-15(13-26)6-8-17/h5-12,14H,4H2,1-3H3. The minimum atomic E-state index is -4.62. The number of hydrogen-bond acceptors (Lipinski definition) is 6. The van der Waals surface area contributed by atoms with E-state index in [9.17, 15) is 13.2 Å². The summed E-state index contributed by atoms with van der Waals surface area (Å²) in [6.45, 7) is 2.34. The number of hydrogen-bond donors (Lipinski definition) is 0. The number of nitriles is 1. The van der Waals surface area contributed by atoms with E-state index in [4.69, 9.17) is 10.00 Å². The SMILES string of the molecule is CCOc1ccc(N(C)c2nc(N(C)c3ccc(C#N)cc3)ncc2C(F)(F)F)cc1. The topological polar surface area (TPSA) is 65.3 Å². The molecule has 0 saturated heterocycles. The largest absolute Gasteiger partial charge is 0.494 e. The van der Waals surface area contributed by atoms with Gasteiger partial charge in [-0.1, -0.05) is 0 Å². The average Bonchev–Trinajstić information content (AvgIpc) is 2.78. The zero-order chi connectivity index (χ0) is 22.6. The molecule has 0 amide bonds. The molecule has 1 heterocycles. The van der Waals surface area contributed by atoms with Crippen LogP contribution in [0, 0.1) is 11.3 Å². The molecular formula is C22H20F3N5O. The molecule has 1 aromatic heterocycles. The van der Waals surface area contributed by atoms with Crippen molar-refractivity contribution in [1.29, 1.82) is 5.26 Å². The van der Waals surface area contributed by atoms with Crippen LogP contribution in [0.25, 0.3) is 0 Å². The molecule has 0 bridgehead atoms. The van der Waals surface area contributed by atoms with Gasteiger partial charge in [0.15, 0.2) is 5.82 Å². The Morgan fingerprint density at radius 3 is 2.10 bits per heavy atom. The third-order valence-corrected chi connectivity index (χ3v) is 4.60. The highest BCUT2D eigenvalue weighted by Gasteiger charge is 2.37. The Labute approximate surface area is 178 Å². The summed E-state index contributed by atoms with van der Waals surface area (Å²) < 4.78 is 46.4. The van der Waals surface area contributed by atoms with Crippen LogP contribution in [0.5, 0.6) is 5.75 Å². The van der Waals surface area contributed by atoms with E-state index in [1.54, 1.807) is 60.5 Å². The van der Waals surface area contributed by atoms with Crippen molar-refractivity contribution in [3.63, 3.8) is 0 Å². The molecule has 0 N–H and O–H groups in total. The van der Waals surface area contributed by atoms with Crippen LogP contribution < -0.4 is 14.5 Å². The molecular weight excluding hydrogens is 407 g/mol. The first-order valence-corrected chi connectivity index (χ1v) is 9.39. The Kier molecular flexibility index (Phi) is 6.30. The van der Waals surface area contributed by atoms with Crippen molar-refractivity contribution < 1.29 is 17.9 Å². The van der Waals surface area contributed by atoms with Crippen LogP contribution in [-0.4, -0.2) is 30.7 Å². The molecule has 0 aliphatic heterocycles. The van der Waals surface area contributed by atoms with E-state index in [0.717, 1.165) is 6.20 Å². The van der Waals surface area contributed by atoms with Gasteiger partial charge in [0.2, 0.25) is 5.95 Å². The van der Waals surface area contributed by atoms with Crippen molar-refractivity contribution in [2.24, 2.45) is 0 Å². The lowest BCUT2D eigenvalue weighted by atomic mass is 10.2. The Bertz CT molecular complexity index is 1080. The van der Waals surface area contributed by atoms with Gasteiger partial charge in [-0.15, -0.1) is 0 Å². The number of anilines is 4. The maximum atomic E-state index is 13.7. The van der Waals surface area contributed by atoms with E-state index >= 15 is 0 Å². The average molecular weight is 427 g/mol. The fourth-order valence-corrected chi connectivity index (χ4v) is 2.91. The van der Waals surface area contributed by atoms with Gasteiger partial charge >= 0.3 is 6.18 Å². The molecule has 9 heteroatoms. The fourth-order valence-electron chi connectivity index (χ4n) is 2.91. The van der Waals surface area contributed by atoms with Gasteiger partial charge in [0.05, 0.1) is 18.2 Å². The van der Waals surface area contributed by atoms with Crippen molar-refractivity contribution >= 4 is 23.1 Å². The highest BCUT2D eigenvalue weighted by Crippen LogP contribution is 2.38. The van der Waals surface area contributed by atoms with Crippen molar-refractivity contribution in [3.05, 3.63) is 65.9 Å². The second kappa shape index (κ2) is 8.92. The number of nitrogens with zero attached hydrogens (tertiary/aromatic N) is 5. The first-order valence-electron chi connectivity index (χ1n) is 9.39. The predicted octanol–water partition coefficient (Wildman–Crippen LogP) is 5.30. The van der Waals surface area contributed by atoms with Crippen molar-refractivity contribution in [2.45, 2.75) is 13.1 Å². The maximum absolute atomic E-state index is 13.7. The minimum absolute atomic E-state index is 0.0884. The first-order chi connectivity index (χ1) is 14.7. The summed E-state index contributed by atoms with van der Waals surface area (Å²) in [5, 5.41) is 8.94. The molecule has 6 nitrogen and oxygen atoms in total. The second-order valence-electron chi connectivity index (χ2n) is 6.61. The van der Waals surface area contributed by atoms with Crippen molar-refractivity contribution in [1.82, 2.24) is 9.97 Å². The Morgan fingerprint density at radius 2 is 1.55 bits per heavy atom. The summed E-state index contributed by atoms with van der Waals surface area (Å²) in [5.41, 5.74) is 0.676. The molecule has 31 heavy (non-hydrogen) atoms. The van der Waals surface area contributed by atoms with E-state index < -0.39 is 11.7 Å². The van der Waals surface area contributed by atoms with E-state index in [-0.39, 0.29) is 11.8 Å². The Balaban J connectivity index is 2.01. The molecule has 0 unspecified atom stereocenters. The van der Waals surface area contributed by atoms with Crippen molar-refractivity contribution in [3.8, 4) is 11.8 Å². The van der Waals surface area contributed by atoms with Crippen LogP contribution in [-0.2, 0) is 6.18 Å². The van der Waals surface area contributed by atoms with Crippen LogP contribution in [0.4, 0.5) is 36.3 Å². The summed E-state index contributed by atoms with van der Waals surface area (Å²) in [6.07, 6.45) is -3.84. The quantitative estimate of drug-likeness (QED) is 0.532. The molecule has 0 aliphatic rings. The summed E-state index contributed by atoms with van der Waals surface area (Å²) in [7, 11) is 3.16. The monoisotopic (exact) mass is 427 g/mol. The molecule has 2 aromatic carbocycles. The fraction of sp³-hybridized carbons (Fsp3) is 0.227.